The van der Waals surface area contributed by atoms with Crippen LogP contribution in [0.15, 0.2) is 42.6 Å². The molecular weight excluding hydrogens is 318 g/mol. The van der Waals surface area contributed by atoms with Crippen molar-refractivity contribution in [3.8, 4) is 0 Å². The Morgan fingerprint density at radius 3 is 2.60 bits per heavy atom. The number of hydrogen-bond donors (Lipinski definition) is 1. The molecule has 0 saturated carbocycles. The molecule has 1 aromatic carbocycles. The van der Waals surface area contributed by atoms with Gasteiger partial charge in [0.25, 0.3) is 5.91 Å². The molecule has 2 amide bonds. The summed E-state index contributed by atoms with van der Waals surface area (Å²) in [5, 5.41) is 2.79. The van der Waals surface area contributed by atoms with Crippen LogP contribution < -0.4 is 5.32 Å². The number of carbonyl (C=O) groups is 2. The molecule has 130 valence electrons. The summed E-state index contributed by atoms with van der Waals surface area (Å²) in [5.74, 6) is 0.00198. The number of benzene rings is 1. The van der Waals surface area contributed by atoms with Crippen LogP contribution >= 0.6 is 0 Å². The number of hydrogen-bond acceptors (Lipinski definition) is 4. The van der Waals surface area contributed by atoms with Crippen LogP contribution in [0.5, 0.6) is 0 Å². The molecule has 0 radical (unpaired) electrons. The van der Waals surface area contributed by atoms with Gasteiger partial charge in [-0.2, -0.15) is 0 Å². The normalized spacial score (nSPS) is 20.4. The first-order valence-electron chi connectivity index (χ1n) is 8.13. The number of aromatic nitrogens is 1. The molecule has 2 unspecified atom stereocenters. The van der Waals surface area contributed by atoms with Gasteiger partial charge in [0.1, 0.15) is 12.4 Å². The largest absolute Gasteiger partial charge is 0.356 e. The van der Waals surface area contributed by atoms with Crippen molar-refractivity contribution in [2.75, 3.05) is 19.0 Å². The number of nitrogens with zero attached hydrogens (tertiary/aromatic N) is 2. The number of carbonyl (C=O) groups excluding carboxylic acids is 2. The highest BCUT2D eigenvalue weighted by atomic mass is 16.5. The Balaban J connectivity index is 1.87. The predicted molar refractivity (Wildman–Crippen MR) is 94.0 cm³/mol. The van der Waals surface area contributed by atoms with Gasteiger partial charge in [-0.15, -0.1) is 0 Å². The molecule has 1 aliphatic rings. The van der Waals surface area contributed by atoms with E-state index in [1.807, 2.05) is 44.2 Å². The smallest absolute Gasteiger partial charge is 0.257 e. The van der Waals surface area contributed by atoms with Crippen LogP contribution in [-0.4, -0.2) is 41.5 Å². The van der Waals surface area contributed by atoms with Gasteiger partial charge in [-0.3, -0.25) is 9.59 Å². The van der Waals surface area contributed by atoms with E-state index in [2.05, 4.69) is 10.3 Å². The number of morpholine rings is 1. The molecule has 1 aromatic heterocycles. The third kappa shape index (κ3) is 3.69. The number of likely N-dealkylation sites (N-methyl/N-ethyl adjacent to an activating group) is 1. The van der Waals surface area contributed by atoms with E-state index < -0.39 is 12.1 Å². The molecule has 6 heteroatoms. The summed E-state index contributed by atoms with van der Waals surface area (Å²) in [6.07, 6.45) is 0.840. The van der Waals surface area contributed by atoms with Gasteiger partial charge in [0.2, 0.25) is 5.91 Å². The number of nitrogens with one attached hydrogen (secondary N) is 1. The average molecular weight is 339 g/mol. The van der Waals surface area contributed by atoms with E-state index in [0.717, 1.165) is 16.7 Å². The zero-order valence-corrected chi connectivity index (χ0v) is 14.5. The Labute approximate surface area is 146 Å². The molecule has 0 aliphatic carbocycles. The van der Waals surface area contributed by atoms with Crippen LogP contribution in [-0.2, 0) is 14.3 Å². The summed E-state index contributed by atoms with van der Waals surface area (Å²) in [5.41, 5.74) is 2.97. The number of aryl methyl sites for hydroxylation is 2. The van der Waals surface area contributed by atoms with Crippen LogP contribution in [0.4, 0.5) is 5.82 Å². The second kappa shape index (κ2) is 7.03. The first-order chi connectivity index (χ1) is 12.0. The fraction of sp³-hybridized carbons (Fsp3) is 0.316. The molecule has 25 heavy (non-hydrogen) atoms. The van der Waals surface area contributed by atoms with E-state index in [1.54, 1.807) is 24.2 Å². The van der Waals surface area contributed by atoms with Crippen molar-refractivity contribution in [3.05, 3.63) is 59.3 Å². The van der Waals surface area contributed by atoms with Crippen molar-refractivity contribution < 1.29 is 14.3 Å². The predicted octanol–water partition coefficient (Wildman–Crippen LogP) is 2.24. The third-order valence-corrected chi connectivity index (χ3v) is 4.33. The molecule has 0 spiro atoms. The Bertz CT molecular complexity index is 789. The van der Waals surface area contributed by atoms with Crippen LogP contribution in [0, 0.1) is 13.8 Å². The van der Waals surface area contributed by atoms with E-state index in [-0.39, 0.29) is 18.4 Å². The van der Waals surface area contributed by atoms with Crippen molar-refractivity contribution >= 4 is 17.6 Å². The number of amides is 2. The number of ether oxygens (including phenoxy) is 1. The molecule has 2 atom stereocenters. The van der Waals surface area contributed by atoms with Gasteiger partial charge in [0.05, 0.1) is 6.04 Å². The molecule has 6 nitrogen and oxygen atoms in total. The Morgan fingerprint density at radius 2 is 1.92 bits per heavy atom. The lowest BCUT2D eigenvalue weighted by Crippen LogP contribution is -2.51. The highest BCUT2D eigenvalue weighted by Crippen LogP contribution is 2.30. The van der Waals surface area contributed by atoms with Gasteiger partial charge in [0.15, 0.2) is 6.10 Å². The van der Waals surface area contributed by atoms with Crippen molar-refractivity contribution in [2.45, 2.75) is 26.0 Å². The second-order valence-electron chi connectivity index (χ2n) is 6.30. The van der Waals surface area contributed by atoms with E-state index >= 15 is 0 Å². The van der Waals surface area contributed by atoms with Crippen molar-refractivity contribution in [2.24, 2.45) is 0 Å². The van der Waals surface area contributed by atoms with Gasteiger partial charge < -0.3 is 15.0 Å². The van der Waals surface area contributed by atoms with Crippen molar-refractivity contribution in [3.63, 3.8) is 0 Å². The number of rotatable bonds is 3. The maximum absolute atomic E-state index is 12.8. The number of pyridine rings is 1. The molecule has 1 saturated heterocycles. The van der Waals surface area contributed by atoms with E-state index in [4.69, 9.17) is 4.74 Å². The van der Waals surface area contributed by atoms with Gasteiger partial charge in [-0.05, 0) is 37.1 Å². The van der Waals surface area contributed by atoms with Crippen LogP contribution in [0.25, 0.3) is 0 Å². The lowest BCUT2D eigenvalue weighted by molar-refractivity contribution is -0.160. The maximum Gasteiger partial charge on any atom is 0.257 e. The SMILES string of the molecule is Cc1ccc(C2C(C(=O)Nc3cc(C)ccn3)OCC(=O)N2C)cc1. The molecule has 1 fully saturated rings. The molecule has 0 bridgehead atoms. The summed E-state index contributed by atoms with van der Waals surface area (Å²) in [4.78, 5) is 30.6. The molecule has 2 aromatic rings. The van der Waals surface area contributed by atoms with Gasteiger partial charge in [-0.25, -0.2) is 4.98 Å². The number of anilines is 1. The molecule has 3 rings (SSSR count). The highest BCUT2D eigenvalue weighted by molar-refractivity contribution is 5.95. The molecule has 1 aliphatic heterocycles. The highest BCUT2D eigenvalue weighted by Gasteiger charge is 2.40. The standard InChI is InChI=1S/C19H21N3O3/c1-12-4-6-14(7-5-12)17-18(25-11-16(23)22(17)3)19(24)21-15-10-13(2)8-9-20-15/h4-10,17-18H,11H2,1-3H3,(H,20,21,24). The summed E-state index contributed by atoms with van der Waals surface area (Å²) in [6, 6.07) is 10.9. The second-order valence-corrected chi connectivity index (χ2v) is 6.30. The third-order valence-electron chi connectivity index (χ3n) is 4.33. The molecular formula is C19H21N3O3. The zero-order valence-electron chi connectivity index (χ0n) is 14.5. The van der Waals surface area contributed by atoms with Crippen LogP contribution in [0.3, 0.4) is 0 Å². The van der Waals surface area contributed by atoms with Gasteiger partial charge in [-0.1, -0.05) is 29.8 Å². The first-order valence-corrected chi connectivity index (χ1v) is 8.13. The summed E-state index contributed by atoms with van der Waals surface area (Å²) < 4.78 is 5.59. The first kappa shape index (κ1) is 17.1. The minimum absolute atomic E-state index is 0.113. The summed E-state index contributed by atoms with van der Waals surface area (Å²) >= 11 is 0. The zero-order chi connectivity index (χ0) is 18.0. The lowest BCUT2D eigenvalue weighted by atomic mass is 9.96. The lowest BCUT2D eigenvalue weighted by Gasteiger charge is -2.38. The Morgan fingerprint density at radius 1 is 1.20 bits per heavy atom. The average Bonchev–Trinajstić information content (AvgIpc) is 2.58. The Kier molecular flexibility index (Phi) is 4.81. The fourth-order valence-electron chi connectivity index (χ4n) is 2.90. The molecule has 2 heterocycles. The van der Waals surface area contributed by atoms with E-state index in [0.29, 0.717) is 5.82 Å². The quantitative estimate of drug-likeness (QED) is 0.931. The molecule has 1 N–H and O–H groups in total. The van der Waals surface area contributed by atoms with Crippen LogP contribution in [0.1, 0.15) is 22.7 Å². The fourth-order valence-corrected chi connectivity index (χ4v) is 2.90. The van der Waals surface area contributed by atoms with E-state index in [1.165, 1.54) is 0 Å². The maximum atomic E-state index is 12.8. The monoisotopic (exact) mass is 339 g/mol. The summed E-state index contributed by atoms with van der Waals surface area (Å²) in [6.45, 7) is 3.80. The minimum Gasteiger partial charge on any atom is -0.356 e. The van der Waals surface area contributed by atoms with Crippen molar-refractivity contribution in [1.82, 2.24) is 9.88 Å². The van der Waals surface area contributed by atoms with Gasteiger partial charge >= 0.3 is 0 Å². The Hall–Kier alpha value is -2.73. The van der Waals surface area contributed by atoms with E-state index in [9.17, 15) is 9.59 Å². The van der Waals surface area contributed by atoms with Gasteiger partial charge in [0, 0.05) is 13.2 Å². The van der Waals surface area contributed by atoms with Crippen LogP contribution in [0.2, 0.25) is 0 Å². The topological polar surface area (TPSA) is 71.5 Å². The summed E-state index contributed by atoms with van der Waals surface area (Å²) in [7, 11) is 1.70. The minimum atomic E-state index is -0.798. The van der Waals surface area contributed by atoms with Crippen molar-refractivity contribution in [1.29, 1.82) is 0 Å².